The maximum absolute atomic E-state index is 11.2. The number of benzene rings is 1. The molecule has 1 N–H and O–H groups in total. The zero-order valence-corrected chi connectivity index (χ0v) is 11.1. The number of nitriles is 1. The average Bonchev–Trinajstić information content (AvgIpc) is 2.45. The predicted octanol–water partition coefficient (Wildman–Crippen LogP) is 1.15. The van der Waals surface area contributed by atoms with Crippen molar-refractivity contribution in [2.24, 2.45) is 0 Å². The lowest BCUT2D eigenvalue weighted by Gasteiger charge is -2.33. The fraction of sp³-hybridized carbons (Fsp3) is 0.385. The highest BCUT2D eigenvalue weighted by atomic mass is 16.6. The highest BCUT2D eigenvalue weighted by Crippen LogP contribution is 2.32. The van der Waals surface area contributed by atoms with Crippen LogP contribution >= 0.6 is 0 Å². The molecular weight excluding hydrogens is 278 g/mol. The molecule has 1 fully saturated rings. The number of morpholine rings is 1. The van der Waals surface area contributed by atoms with E-state index in [4.69, 9.17) is 15.1 Å². The Morgan fingerprint density at radius 2 is 2.38 bits per heavy atom. The van der Waals surface area contributed by atoms with Gasteiger partial charge in [0.05, 0.1) is 24.1 Å². The van der Waals surface area contributed by atoms with Gasteiger partial charge in [-0.25, -0.2) is 0 Å². The molecule has 21 heavy (non-hydrogen) atoms. The number of nitro benzene ring substituents is 1. The number of rotatable bonds is 4. The molecule has 1 aromatic rings. The van der Waals surface area contributed by atoms with Gasteiger partial charge in [0.1, 0.15) is 17.3 Å². The molecule has 110 valence electrons. The molecule has 1 aliphatic rings. The van der Waals surface area contributed by atoms with Crippen LogP contribution in [0.5, 0.6) is 0 Å². The fourth-order valence-corrected chi connectivity index (χ4v) is 2.33. The summed E-state index contributed by atoms with van der Waals surface area (Å²) in [5.41, 5.74) is 0.0486. The molecule has 0 aromatic heterocycles. The van der Waals surface area contributed by atoms with Crippen LogP contribution in [-0.4, -0.2) is 41.8 Å². The van der Waals surface area contributed by atoms with Crippen molar-refractivity contribution in [2.45, 2.75) is 12.5 Å². The first-order valence-corrected chi connectivity index (χ1v) is 6.28. The first kappa shape index (κ1) is 14.7. The highest BCUT2D eigenvalue weighted by molar-refractivity contribution is 5.71. The van der Waals surface area contributed by atoms with Gasteiger partial charge in [0, 0.05) is 13.1 Å². The van der Waals surface area contributed by atoms with Gasteiger partial charge in [0.15, 0.2) is 0 Å². The Bertz CT molecular complexity index is 610. The van der Waals surface area contributed by atoms with Crippen LogP contribution in [0.25, 0.3) is 0 Å². The number of aliphatic carboxylic acids is 1. The highest BCUT2D eigenvalue weighted by Gasteiger charge is 2.29. The zero-order chi connectivity index (χ0) is 15.4. The molecule has 2 rings (SSSR count). The number of nitro groups is 1. The Morgan fingerprint density at radius 3 is 3.00 bits per heavy atom. The van der Waals surface area contributed by atoms with Crippen LogP contribution in [0, 0.1) is 21.4 Å². The maximum Gasteiger partial charge on any atom is 0.310 e. The SMILES string of the molecule is N#Cc1cccc(N2CCOC(CC(=O)O)C2)c1[N+](=O)[O-]. The molecule has 0 amide bonds. The van der Waals surface area contributed by atoms with E-state index < -0.39 is 17.0 Å². The van der Waals surface area contributed by atoms with Crippen LogP contribution in [0.4, 0.5) is 11.4 Å². The minimum absolute atomic E-state index is 0.0150. The molecule has 1 aromatic carbocycles. The largest absolute Gasteiger partial charge is 0.481 e. The van der Waals surface area contributed by atoms with E-state index in [1.807, 2.05) is 0 Å². The summed E-state index contributed by atoms with van der Waals surface area (Å²) in [5.74, 6) is -0.984. The number of hydrogen-bond acceptors (Lipinski definition) is 6. The smallest absolute Gasteiger partial charge is 0.310 e. The van der Waals surface area contributed by atoms with Gasteiger partial charge in [-0.2, -0.15) is 5.26 Å². The van der Waals surface area contributed by atoms with Crippen molar-refractivity contribution in [2.75, 3.05) is 24.6 Å². The number of para-hydroxylation sites is 1. The third-order valence-corrected chi connectivity index (χ3v) is 3.20. The van der Waals surface area contributed by atoms with E-state index in [1.54, 1.807) is 23.1 Å². The molecule has 8 nitrogen and oxygen atoms in total. The van der Waals surface area contributed by atoms with E-state index in [0.29, 0.717) is 12.2 Å². The van der Waals surface area contributed by atoms with Crippen molar-refractivity contribution in [3.05, 3.63) is 33.9 Å². The maximum atomic E-state index is 11.2. The van der Waals surface area contributed by atoms with Gasteiger partial charge < -0.3 is 14.7 Å². The second-order valence-electron chi connectivity index (χ2n) is 4.58. The molecule has 0 bridgehead atoms. The van der Waals surface area contributed by atoms with Gasteiger partial charge in [-0.05, 0) is 12.1 Å². The van der Waals surface area contributed by atoms with Crippen LogP contribution < -0.4 is 4.90 Å². The number of carbonyl (C=O) groups is 1. The van der Waals surface area contributed by atoms with E-state index in [0.717, 1.165) is 0 Å². The van der Waals surface area contributed by atoms with Crippen molar-refractivity contribution >= 4 is 17.3 Å². The van der Waals surface area contributed by atoms with Crippen molar-refractivity contribution < 1.29 is 19.6 Å². The second kappa shape index (κ2) is 6.19. The summed E-state index contributed by atoms with van der Waals surface area (Å²) < 4.78 is 5.34. The Labute approximate surface area is 120 Å². The number of carboxylic acids is 1. The van der Waals surface area contributed by atoms with Crippen molar-refractivity contribution in [3.8, 4) is 6.07 Å². The Kier molecular flexibility index (Phi) is 4.35. The van der Waals surface area contributed by atoms with Gasteiger partial charge in [-0.3, -0.25) is 14.9 Å². The van der Waals surface area contributed by atoms with Crippen LogP contribution in [0.2, 0.25) is 0 Å². The Morgan fingerprint density at radius 1 is 1.62 bits per heavy atom. The number of ether oxygens (including phenoxy) is 1. The summed E-state index contributed by atoms with van der Waals surface area (Å²) in [6, 6.07) is 6.32. The van der Waals surface area contributed by atoms with E-state index >= 15 is 0 Å². The summed E-state index contributed by atoms with van der Waals surface area (Å²) in [5, 5.41) is 29.0. The van der Waals surface area contributed by atoms with Crippen LogP contribution in [0.3, 0.4) is 0 Å². The molecule has 1 atom stereocenters. The summed E-state index contributed by atoms with van der Waals surface area (Å²) >= 11 is 0. The first-order chi connectivity index (χ1) is 10.0. The first-order valence-electron chi connectivity index (χ1n) is 6.28. The number of anilines is 1. The lowest BCUT2D eigenvalue weighted by Crippen LogP contribution is -2.43. The minimum atomic E-state index is -0.984. The lowest BCUT2D eigenvalue weighted by molar-refractivity contribution is -0.384. The number of nitrogens with zero attached hydrogens (tertiary/aromatic N) is 3. The summed E-state index contributed by atoms with van der Waals surface area (Å²) in [6.07, 6.45) is -0.691. The average molecular weight is 291 g/mol. The minimum Gasteiger partial charge on any atom is -0.481 e. The van der Waals surface area contributed by atoms with E-state index in [1.165, 1.54) is 6.07 Å². The fourth-order valence-electron chi connectivity index (χ4n) is 2.33. The third-order valence-electron chi connectivity index (χ3n) is 3.20. The molecule has 8 heteroatoms. The van der Waals surface area contributed by atoms with Crippen molar-refractivity contribution in [1.82, 2.24) is 0 Å². The Hall–Kier alpha value is -2.66. The Balaban J connectivity index is 2.31. The van der Waals surface area contributed by atoms with Crippen LogP contribution in [0.1, 0.15) is 12.0 Å². The number of hydrogen-bond donors (Lipinski definition) is 1. The lowest BCUT2D eigenvalue weighted by atomic mass is 10.1. The molecule has 0 spiro atoms. The number of carboxylic acid groups (broad SMARTS) is 1. The molecular formula is C13H13N3O5. The third kappa shape index (κ3) is 3.27. The van der Waals surface area contributed by atoms with Crippen molar-refractivity contribution in [3.63, 3.8) is 0 Å². The molecule has 0 aliphatic carbocycles. The summed E-state index contributed by atoms with van der Waals surface area (Å²) in [7, 11) is 0. The molecule has 0 radical (unpaired) electrons. The van der Waals surface area contributed by atoms with E-state index in [9.17, 15) is 14.9 Å². The summed E-state index contributed by atoms with van der Waals surface area (Å²) in [6.45, 7) is 0.930. The molecule has 1 saturated heterocycles. The monoisotopic (exact) mass is 291 g/mol. The molecule has 0 saturated carbocycles. The van der Waals surface area contributed by atoms with Crippen molar-refractivity contribution in [1.29, 1.82) is 5.26 Å². The van der Waals surface area contributed by atoms with Gasteiger partial charge in [-0.15, -0.1) is 0 Å². The van der Waals surface area contributed by atoms with Crippen LogP contribution in [0.15, 0.2) is 18.2 Å². The van der Waals surface area contributed by atoms with E-state index in [2.05, 4.69) is 0 Å². The quantitative estimate of drug-likeness (QED) is 0.653. The molecule has 1 aliphatic heterocycles. The zero-order valence-electron chi connectivity index (χ0n) is 11.1. The van der Waals surface area contributed by atoms with Crippen LogP contribution in [-0.2, 0) is 9.53 Å². The van der Waals surface area contributed by atoms with Gasteiger partial charge in [0.2, 0.25) is 0 Å². The van der Waals surface area contributed by atoms with E-state index in [-0.39, 0.29) is 30.8 Å². The normalized spacial score (nSPS) is 18.0. The molecule has 1 heterocycles. The second-order valence-corrected chi connectivity index (χ2v) is 4.58. The van der Waals surface area contributed by atoms with Gasteiger partial charge in [-0.1, -0.05) is 6.07 Å². The summed E-state index contributed by atoms with van der Waals surface area (Å²) in [4.78, 5) is 23.0. The predicted molar refractivity (Wildman–Crippen MR) is 72.0 cm³/mol. The van der Waals surface area contributed by atoms with Gasteiger partial charge in [0.25, 0.3) is 0 Å². The standard InChI is InChI=1S/C13H13N3O5/c14-7-9-2-1-3-11(13(9)16(19)20)15-4-5-21-10(8-15)6-12(17)18/h1-3,10H,4-6,8H2,(H,17,18). The topological polar surface area (TPSA) is 117 Å². The van der Waals surface area contributed by atoms with Gasteiger partial charge >= 0.3 is 11.7 Å². The molecule has 1 unspecified atom stereocenters.